The van der Waals surface area contributed by atoms with E-state index in [-0.39, 0.29) is 0 Å². The normalized spacial score (nSPS) is 30.2. The Hall–Kier alpha value is -0.120. The van der Waals surface area contributed by atoms with Crippen LogP contribution in [0.25, 0.3) is 0 Å². The van der Waals surface area contributed by atoms with Gasteiger partial charge in [0.15, 0.2) is 0 Å². The average Bonchev–Trinajstić information content (AvgIpc) is 2.39. The summed E-state index contributed by atoms with van der Waals surface area (Å²) < 4.78 is 5.04. The van der Waals surface area contributed by atoms with E-state index in [1.54, 1.807) is 7.11 Å². The van der Waals surface area contributed by atoms with Gasteiger partial charge in [-0.1, -0.05) is 12.8 Å². The van der Waals surface area contributed by atoms with Crippen LogP contribution in [0.5, 0.6) is 0 Å². The standard InChI is InChI=1S/C14H28N2O/c1-17-12-9-15-8-11-16-10-4-6-13-5-2-3-7-14(13)16/h13-15H,2-12H2,1H3/t13-,14-/m1/s1. The molecule has 2 rings (SSSR count). The fraction of sp³-hybridized carbons (Fsp3) is 1.00. The summed E-state index contributed by atoms with van der Waals surface area (Å²) in [6.07, 6.45) is 8.76. The van der Waals surface area contributed by atoms with Gasteiger partial charge in [-0.25, -0.2) is 0 Å². The van der Waals surface area contributed by atoms with E-state index in [1.807, 2.05) is 0 Å². The summed E-state index contributed by atoms with van der Waals surface area (Å²) in [5, 5.41) is 3.46. The molecule has 0 unspecified atom stereocenters. The maximum atomic E-state index is 5.04. The topological polar surface area (TPSA) is 24.5 Å². The highest BCUT2D eigenvalue weighted by Crippen LogP contribution is 2.34. The molecule has 1 aliphatic heterocycles. The summed E-state index contributed by atoms with van der Waals surface area (Å²) in [5.41, 5.74) is 0. The van der Waals surface area contributed by atoms with Gasteiger partial charge in [-0.3, -0.25) is 4.90 Å². The summed E-state index contributed by atoms with van der Waals surface area (Å²) in [5.74, 6) is 1.01. The third kappa shape index (κ3) is 3.94. The molecular weight excluding hydrogens is 212 g/mol. The molecule has 100 valence electrons. The van der Waals surface area contributed by atoms with Crippen molar-refractivity contribution in [1.29, 1.82) is 0 Å². The van der Waals surface area contributed by atoms with Gasteiger partial charge in [-0.05, 0) is 38.1 Å². The average molecular weight is 240 g/mol. The fourth-order valence-electron chi connectivity index (χ4n) is 3.53. The fourth-order valence-corrected chi connectivity index (χ4v) is 3.53. The first-order chi connectivity index (χ1) is 8.42. The van der Waals surface area contributed by atoms with Gasteiger partial charge in [0.1, 0.15) is 0 Å². The Morgan fingerprint density at radius 3 is 2.82 bits per heavy atom. The van der Waals surface area contributed by atoms with E-state index in [0.717, 1.165) is 31.7 Å². The lowest BCUT2D eigenvalue weighted by atomic mass is 9.78. The van der Waals surface area contributed by atoms with Gasteiger partial charge in [0.05, 0.1) is 6.61 Å². The monoisotopic (exact) mass is 240 g/mol. The first-order valence-electron chi connectivity index (χ1n) is 7.35. The van der Waals surface area contributed by atoms with Crippen molar-refractivity contribution >= 4 is 0 Å². The van der Waals surface area contributed by atoms with Gasteiger partial charge in [0.25, 0.3) is 0 Å². The Morgan fingerprint density at radius 2 is 1.94 bits per heavy atom. The van der Waals surface area contributed by atoms with Crippen LogP contribution in [-0.4, -0.2) is 50.8 Å². The van der Waals surface area contributed by atoms with Crippen LogP contribution in [0, 0.1) is 5.92 Å². The third-order valence-corrected chi connectivity index (χ3v) is 4.42. The van der Waals surface area contributed by atoms with Gasteiger partial charge < -0.3 is 10.1 Å². The van der Waals surface area contributed by atoms with Crippen LogP contribution in [0.15, 0.2) is 0 Å². The number of hydrogen-bond donors (Lipinski definition) is 1. The van der Waals surface area contributed by atoms with Crippen LogP contribution < -0.4 is 5.32 Å². The molecule has 2 fully saturated rings. The van der Waals surface area contributed by atoms with Crippen molar-refractivity contribution in [2.45, 2.75) is 44.6 Å². The maximum Gasteiger partial charge on any atom is 0.0587 e. The number of likely N-dealkylation sites (tertiary alicyclic amines) is 1. The highest BCUT2D eigenvalue weighted by atomic mass is 16.5. The molecule has 0 radical (unpaired) electrons. The quantitative estimate of drug-likeness (QED) is 0.717. The van der Waals surface area contributed by atoms with Crippen molar-refractivity contribution in [1.82, 2.24) is 10.2 Å². The Kier molecular flexibility index (Phi) is 5.75. The van der Waals surface area contributed by atoms with E-state index < -0.39 is 0 Å². The summed E-state index contributed by atoms with van der Waals surface area (Å²) in [6, 6.07) is 0.904. The lowest BCUT2D eigenvalue weighted by Crippen LogP contribution is -2.49. The number of rotatable bonds is 6. The third-order valence-electron chi connectivity index (χ3n) is 4.42. The SMILES string of the molecule is COCCNCCN1CCC[C@H]2CCCC[C@H]21. The molecule has 2 aliphatic rings. The molecule has 0 amide bonds. The number of nitrogens with zero attached hydrogens (tertiary/aromatic N) is 1. The number of fused-ring (bicyclic) bond motifs is 1. The van der Waals surface area contributed by atoms with E-state index in [9.17, 15) is 0 Å². The molecule has 0 aromatic carbocycles. The second kappa shape index (κ2) is 7.34. The van der Waals surface area contributed by atoms with E-state index in [4.69, 9.17) is 4.74 Å². The molecule has 1 N–H and O–H groups in total. The minimum Gasteiger partial charge on any atom is -0.383 e. The summed E-state index contributed by atoms with van der Waals surface area (Å²) in [6.45, 7) is 5.48. The van der Waals surface area contributed by atoms with Crippen LogP contribution in [0.2, 0.25) is 0 Å². The maximum absolute atomic E-state index is 5.04. The minimum atomic E-state index is 0.825. The van der Waals surface area contributed by atoms with Gasteiger partial charge in [0, 0.05) is 32.8 Å². The number of piperidine rings is 1. The van der Waals surface area contributed by atoms with Crippen LogP contribution in [0.3, 0.4) is 0 Å². The molecule has 1 saturated carbocycles. The Labute approximate surface area is 106 Å². The molecular formula is C14H28N2O. The highest BCUT2D eigenvalue weighted by Gasteiger charge is 2.32. The molecule has 2 atom stereocenters. The van der Waals surface area contributed by atoms with Crippen molar-refractivity contribution < 1.29 is 4.74 Å². The molecule has 3 nitrogen and oxygen atoms in total. The highest BCUT2D eigenvalue weighted by molar-refractivity contribution is 4.87. The largest absolute Gasteiger partial charge is 0.383 e. The summed E-state index contributed by atoms with van der Waals surface area (Å²) in [7, 11) is 1.76. The van der Waals surface area contributed by atoms with Crippen molar-refractivity contribution in [3.05, 3.63) is 0 Å². The molecule has 0 spiro atoms. The number of methoxy groups -OCH3 is 1. The molecule has 0 bridgehead atoms. The van der Waals surface area contributed by atoms with E-state index in [0.29, 0.717) is 0 Å². The summed E-state index contributed by atoms with van der Waals surface area (Å²) >= 11 is 0. The lowest BCUT2D eigenvalue weighted by Gasteiger charge is -2.44. The number of nitrogens with one attached hydrogen (secondary N) is 1. The first kappa shape index (κ1) is 13.3. The summed E-state index contributed by atoms with van der Waals surface area (Å²) in [4.78, 5) is 2.74. The molecule has 0 aromatic heterocycles. The van der Waals surface area contributed by atoms with E-state index in [1.165, 1.54) is 51.6 Å². The van der Waals surface area contributed by atoms with Crippen molar-refractivity contribution in [2.75, 3.05) is 39.9 Å². The molecule has 1 heterocycles. The van der Waals surface area contributed by atoms with E-state index >= 15 is 0 Å². The lowest BCUT2D eigenvalue weighted by molar-refractivity contribution is 0.0614. The Bertz CT molecular complexity index is 208. The molecule has 1 aliphatic carbocycles. The minimum absolute atomic E-state index is 0.825. The molecule has 3 heteroatoms. The zero-order valence-electron chi connectivity index (χ0n) is 11.3. The van der Waals surface area contributed by atoms with Crippen molar-refractivity contribution in [3.8, 4) is 0 Å². The van der Waals surface area contributed by atoms with Gasteiger partial charge >= 0.3 is 0 Å². The van der Waals surface area contributed by atoms with E-state index in [2.05, 4.69) is 10.2 Å². The van der Waals surface area contributed by atoms with Crippen molar-refractivity contribution in [2.24, 2.45) is 5.92 Å². The zero-order valence-corrected chi connectivity index (χ0v) is 11.3. The second-order valence-electron chi connectivity index (χ2n) is 5.53. The van der Waals surface area contributed by atoms with Crippen LogP contribution in [-0.2, 0) is 4.74 Å². The zero-order chi connectivity index (χ0) is 11.9. The van der Waals surface area contributed by atoms with Crippen molar-refractivity contribution in [3.63, 3.8) is 0 Å². The van der Waals surface area contributed by atoms with Gasteiger partial charge in [0.2, 0.25) is 0 Å². The van der Waals surface area contributed by atoms with Gasteiger partial charge in [-0.15, -0.1) is 0 Å². The Morgan fingerprint density at radius 1 is 1.12 bits per heavy atom. The smallest absolute Gasteiger partial charge is 0.0587 e. The number of ether oxygens (including phenoxy) is 1. The first-order valence-corrected chi connectivity index (χ1v) is 7.35. The number of hydrogen-bond acceptors (Lipinski definition) is 3. The van der Waals surface area contributed by atoms with Crippen LogP contribution >= 0.6 is 0 Å². The molecule has 17 heavy (non-hydrogen) atoms. The predicted molar refractivity (Wildman–Crippen MR) is 71.3 cm³/mol. The molecule has 0 aromatic rings. The van der Waals surface area contributed by atoms with Gasteiger partial charge in [-0.2, -0.15) is 0 Å². The predicted octanol–water partition coefficient (Wildman–Crippen LogP) is 1.88. The molecule has 1 saturated heterocycles. The Balaban J connectivity index is 1.67. The van der Waals surface area contributed by atoms with Crippen LogP contribution in [0.4, 0.5) is 0 Å². The van der Waals surface area contributed by atoms with Crippen LogP contribution in [0.1, 0.15) is 38.5 Å². The second-order valence-corrected chi connectivity index (χ2v) is 5.53.